The molecule has 0 aromatic carbocycles. The third kappa shape index (κ3) is 13.8. The van der Waals surface area contributed by atoms with E-state index in [4.69, 9.17) is 25.5 Å². The Morgan fingerprint density at radius 2 is 1.18 bits per heavy atom. The van der Waals surface area contributed by atoms with Gasteiger partial charge in [-0.2, -0.15) is 0 Å². The molecule has 40 heavy (non-hydrogen) atoms. The lowest BCUT2D eigenvalue weighted by Gasteiger charge is -2.37. The molecule has 0 bridgehead atoms. The second kappa shape index (κ2) is 14.0. The summed E-state index contributed by atoms with van der Waals surface area (Å²) in [4.78, 5) is 55.7. The van der Waals surface area contributed by atoms with Gasteiger partial charge in [0.2, 0.25) is 0 Å². The zero-order chi connectivity index (χ0) is 30.9. The quantitative estimate of drug-likeness (QED) is 0.122. The molecule has 2 amide bonds. The van der Waals surface area contributed by atoms with Gasteiger partial charge in [0.25, 0.3) is 0 Å². The molecule has 1 rings (SSSR count). The van der Waals surface area contributed by atoms with Crippen LogP contribution < -0.4 is 11.1 Å². The van der Waals surface area contributed by atoms with Crippen LogP contribution in [0.15, 0.2) is 5.11 Å². The Bertz CT molecular complexity index is 879. The van der Waals surface area contributed by atoms with Crippen LogP contribution in [-0.2, 0) is 28.6 Å². The van der Waals surface area contributed by atoms with Crippen LogP contribution in [0.5, 0.6) is 0 Å². The van der Waals surface area contributed by atoms with E-state index in [-0.39, 0.29) is 51.6 Å². The molecule has 1 unspecified atom stereocenters. The van der Waals surface area contributed by atoms with Gasteiger partial charge in [-0.1, -0.05) is 5.11 Å². The van der Waals surface area contributed by atoms with E-state index in [9.17, 15) is 19.2 Å². The molecule has 1 aliphatic heterocycles. The van der Waals surface area contributed by atoms with Crippen molar-refractivity contribution in [2.24, 2.45) is 10.8 Å². The number of carbonyl (C=O) groups is 4. The van der Waals surface area contributed by atoms with Gasteiger partial charge in [0.1, 0.15) is 16.8 Å². The number of hydrogen-bond donors (Lipinski definition) is 2. The number of nitrogens with one attached hydrogen (secondary N) is 1. The molecule has 1 heterocycles. The lowest BCUT2D eigenvalue weighted by Crippen LogP contribution is -2.54. The molecule has 13 heteroatoms. The number of nitrogens with two attached hydrogens (primary N) is 1. The maximum Gasteiger partial charge on any atom is 0.317 e. The number of carbonyl (C=O) groups excluding carboxylic acids is 4. The number of likely N-dealkylation sites (tertiary alicyclic amines) is 1. The number of amides is 2. The van der Waals surface area contributed by atoms with Crippen molar-refractivity contribution in [3.05, 3.63) is 10.4 Å². The summed E-state index contributed by atoms with van der Waals surface area (Å²) in [6, 6.07) is -1.64. The minimum absolute atomic E-state index is 0.0684. The van der Waals surface area contributed by atoms with Gasteiger partial charge >= 0.3 is 23.9 Å². The SMILES string of the molecule is CC(C)(C)OC(=O)CCC(CCC(=O)OC(C)(C)C)(CCC(=O)OC(C)(C)C)NC(=O)N1CC(N=[N+]=[N-])[C@H](N)C1. The zero-order valence-electron chi connectivity index (χ0n) is 25.5. The van der Waals surface area contributed by atoms with Gasteiger partial charge < -0.3 is 30.2 Å². The van der Waals surface area contributed by atoms with Gasteiger partial charge in [0, 0.05) is 48.8 Å². The summed E-state index contributed by atoms with van der Waals surface area (Å²) in [7, 11) is 0. The van der Waals surface area contributed by atoms with Gasteiger partial charge in [-0.25, -0.2) is 4.79 Å². The average Bonchev–Trinajstić information content (AvgIpc) is 3.12. The van der Waals surface area contributed by atoms with Crippen LogP contribution in [0.4, 0.5) is 4.79 Å². The van der Waals surface area contributed by atoms with Crippen LogP contribution in [0.1, 0.15) is 101 Å². The molecule has 0 radical (unpaired) electrons. The minimum Gasteiger partial charge on any atom is -0.460 e. The maximum absolute atomic E-state index is 13.5. The highest BCUT2D eigenvalue weighted by Gasteiger charge is 2.39. The van der Waals surface area contributed by atoms with Crippen molar-refractivity contribution >= 4 is 23.9 Å². The van der Waals surface area contributed by atoms with Crippen LogP contribution in [0, 0.1) is 0 Å². The van der Waals surface area contributed by atoms with E-state index < -0.39 is 58.4 Å². The van der Waals surface area contributed by atoms with Gasteiger partial charge in [0.15, 0.2) is 0 Å². The van der Waals surface area contributed by atoms with Crippen molar-refractivity contribution in [2.45, 2.75) is 135 Å². The molecule has 1 aliphatic rings. The molecule has 3 N–H and O–H groups in total. The summed E-state index contributed by atoms with van der Waals surface area (Å²) >= 11 is 0. The number of hydrogen-bond acceptors (Lipinski definition) is 9. The molecule has 1 fully saturated rings. The van der Waals surface area contributed by atoms with Crippen molar-refractivity contribution < 1.29 is 33.4 Å². The Hall–Kier alpha value is -3.05. The van der Waals surface area contributed by atoms with Crippen molar-refractivity contribution in [3.63, 3.8) is 0 Å². The van der Waals surface area contributed by atoms with Crippen molar-refractivity contribution in [1.82, 2.24) is 10.2 Å². The summed E-state index contributed by atoms with van der Waals surface area (Å²) in [6.45, 7) is 16.0. The topological polar surface area (TPSA) is 186 Å². The Balaban J connectivity index is 3.29. The molecule has 0 aromatic heterocycles. The number of esters is 3. The van der Waals surface area contributed by atoms with Crippen LogP contribution in [0.25, 0.3) is 10.4 Å². The Labute approximate surface area is 237 Å². The number of urea groups is 1. The first kappa shape index (κ1) is 35.0. The van der Waals surface area contributed by atoms with Gasteiger partial charge in [-0.3, -0.25) is 14.4 Å². The summed E-state index contributed by atoms with van der Waals surface area (Å²) in [6.07, 6.45) is 0.0832. The molecule has 0 aliphatic carbocycles. The molecule has 228 valence electrons. The van der Waals surface area contributed by atoms with E-state index in [0.717, 1.165) is 0 Å². The van der Waals surface area contributed by atoms with Gasteiger partial charge in [0.05, 0.1) is 6.04 Å². The molecular weight excluding hydrogens is 520 g/mol. The fourth-order valence-electron chi connectivity index (χ4n) is 4.24. The largest absolute Gasteiger partial charge is 0.460 e. The molecule has 0 spiro atoms. The summed E-state index contributed by atoms with van der Waals surface area (Å²) in [5, 5.41) is 6.65. The van der Waals surface area contributed by atoms with Crippen molar-refractivity contribution in [3.8, 4) is 0 Å². The minimum atomic E-state index is -1.16. The molecular formula is C27H48N6O7. The number of rotatable bonds is 11. The molecule has 2 atom stereocenters. The van der Waals surface area contributed by atoms with E-state index in [1.807, 2.05) is 0 Å². The maximum atomic E-state index is 13.5. The summed E-state index contributed by atoms with van der Waals surface area (Å²) in [5.41, 5.74) is 11.6. The first-order valence-corrected chi connectivity index (χ1v) is 13.7. The van der Waals surface area contributed by atoms with E-state index >= 15 is 0 Å². The predicted octanol–water partition coefficient (Wildman–Crippen LogP) is 4.12. The standard InChI is InChI=1S/C27H48N6O7/c1-24(2,3)38-20(34)10-13-27(14-11-21(35)39-25(4,5)6,15-12-22(36)40-26(7,8)9)30-23(37)33-16-18(28)19(17-33)31-32-29/h18-19H,10-17,28H2,1-9H3,(H,30,37)/t18-,19?/m1/s1. The lowest BCUT2D eigenvalue weighted by atomic mass is 9.83. The van der Waals surface area contributed by atoms with Crippen LogP contribution in [0.3, 0.4) is 0 Å². The third-order valence-corrected chi connectivity index (χ3v) is 5.88. The monoisotopic (exact) mass is 568 g/mol. The summed E-state index contributed by atoms with van der Waals surface area (Å²) < 4.78 is 16.4. The third-order valence-electron chi connectivity index (χ3n) is 5.88. The van der Waals surface area contributed by atoms with E-state index in [2.05, 4.69) is 15.3 Å². The zero-order valence-corrected chi connectivity index (χ0v) is 25.5. The van der Waals surface area contributed by atoms with E-state index in [0.29, 0.717) is 0 Å². The predicted molar refractivity (Wildman–Crippen MR) is 149 cm³/mol. The number of azide groups is 1. The normalized spacial score (nSPS) is 18.0. The Morgan fingerprint density at radius 3 is 1.50 bits per heavy atom. The van der Waals surface area contributed by atoms with E-state index in [1.54, 1.807) is 62.3 Å². The second-order valence-electron chi connectivity index (χ2n) is 13.3. The number of nitrogens with zero attached hydrogens (tertiary/aromatic N) is 4. The highest BCUT2D eigenvalue weighted by Crippen LogP contribution is 2.29. The fraction of sp³-hybridized carbons (Fsp3) is 0.852. The average molecular weight is 569 g/mol. The van der Waals surface area contributed by atoms with Crippen LogP contribution in [0.2, 0.25) is 0 Å². The van der Waals surface area contributed by atoms with Crippen molar-refractivity contribution in [1.29, 1.82) is 0 Å². The molecule has 0 saturated carbocycles. The molecule has 1 saturated heterocycles. The Morgan fingerprint density at radius 1 is 0.800 bits per heavy atom. The molecule has 13 nitrogen and oxygen atoms in total. The van der Waals surface area contributed by atoms with Gasteiger partial charge in [-0.05, 0) is 87.1 Å². The molecule has 0 aromatic rings. The Kier molecular flexibility index (Phi) is 12.3. The van der Waals surface area contributed by atoms with Gasteiger partial charge in [-0.15, -0.1) is 0 Å². The second-order valence-corrected chi connectivity index (χ2v) is 13.3. The highest BCUT2D eigenvalue weighted by atomic mass is 16.6. The number of ether oxygens (including phenoxy) is 3. The van der Waals surface area contributed by atoms with Crippen LogP contribution in [-0.4, -0.2) is 76.4 Å². The van der Waals surface area contributed by atoms with E-state index in [1.165, 1.54) is 4.90 Å². The highest BCUT2D eigenvalue weighted by molar-refractivity contribution is 5.77. The smallest absolute Gasteiger partial charge is 0.317 e. The fourth-order valence-corrected chi connectivity index (χ4v) is 4.24. The van der Waals surface area contributed by atoms with Crippen LogP contribution >= 0.6 is 0 Å². The summed E-state index contributed by atoms with van der Waals surface area (Å²) in [5.74, 6) is -1.44. The first-order chi connectivity index (χ1) is 18.1. The van der Waals surface area contributed by atoms with Crippen molar-refractivity contribution in [2.75, 3.05) is 13.1 Å². The lowest BCUT2D eigenvalue weighted by molar-refractivity contribution is -0.155. The first-order valence-electron chi connectivity index (χ1n) is 13.7.